The van der Waals surface area contributed by atoms with Gasteiger partial charge in [0.15, 0.2) is 37.9 Å². The Labute approximate surface area is 223 Å². The molecule has 192 valence electrons. The third kappa shape index (κ3) is 9.61. The summed E-state index contributed by atoms with van der Waals surface area (Å²) < 4.78 is 3.71. The Kier molecular flexibility index (Phi) is 12.3. The molecule has 5 N–H and O–H groups in total. The van der Waals surface area contributed by atoms with Gasteiger partial charge in [-0.2, -0.15) is 9.13 Å². The SMILES string of the molecule is NC(=O)c1ccc(C[n+]2cccc(C(=O)O)c2)cc1.NC(=O)c1ccc[n+](Cc2ccccc2)c1.[Br-].[F-]. The standard InChI is InChI=1S/C14H12N2O3.C13H12N2O.BrH.FH/c15-13(17)11-5-3-10(4-6-11)8-16-7-1-2-12(9-16)14(18)19;14-13(16)12-7-4-8-15(10-12)9-11-5-2-1-3-6-11;;/h1-7,9H,8H2,(H2-,15,17,18,19);1-8,10H,9H2,(H-,14,16);2*1H. The average molecular weight is 569 g/mol. The number of carbonyl (C=O) groups excluding carboxylic acids is 2. The topological polar surface area (TPSA) is 131 Å². The van der Waals surface area contributed by atoms with Crippen LogP contribution >= 0.6 is 0 Å². The Morgan fingerprint density at radius 2 is 1.08 bits per heavy atom. The maximum Gasteiger partial charge on any atom is 0.341 e. The minimum Gasteiger partial charge on any atom is -1.00 e. The van der Waals surface area contributed by atoms with Gasteiger partial charge in [0.1, 0.15) is 11.1 Å². The lowest BCUT2D eigenvalue weighted by atomic mass is 10.1. The van der Waals surface area contributed by atoms with Crippen molar-refractivity contribution in [1.29, 1.82) is 0 Å². The molecule has 8 nitrogen and oxygen atoms in total. The van der Waals surface area contributed by atoms with Crippen LogP contribution in [0.25, 0.3) is 0 Å². The fourth-order valence-electron chi connectivity index (χ4n) is 3.29. The van der Waals surface area contributed by atoms with Gasteiger partial charge in [-0.3, -0.25) is 9.59 Å². The largest absolute Gasteiger partial charge is 1.00 e. The van der Waals surface area contributed by atoms with Gasteiger partial charge in [-0.05, 0) is 24.3 Å². The predicted octanol–water partition coefficient (Wildman–Crippen LogP) is -4.05. The fraction of sp³-hybridized carbons (Fsp3) is 0.0741. The first-order chi connectivity index (χ1) is 16.8. The van der Waals surface area contributed by atoms with Crippen molar-refractivity contribution in [1.82, 2.24) is 0 Å². The number of hydrogen-bond acceptors (Lipinski definition) is 3. The molecule has 0 aliphatic heterocycles. The van der Waals surface area contributed by atoms with Crippen LogP contribution in [0.2, 0.25) is 0 Å². The van der Waals surface area contributed by atoms with Crippen LogP contribution in [-0.2, 0) is 13.1 Å². The third-order valence-electron chi connectivity index (χ3n) is 5.06. The van der Waals surface area contributed by atoms with Gasteiger partial charge >= 0.3 is 5.97 Å². The van der Waals surface area contributed by atoms with Crippen molar-refractivity contribution in [3.63, 3.8) is 0 Å². The number of primary amides is 2. The number of aromatic carboxylic acids is 1. The van der Waals surface area contributed by atoms with Crippen LogP contribution in [-0.4, -0.2) is 22.9 Å². The summed E-state index contributed by atoms with van der Waals surface area (Å²) in [4.78, 5) is 32.8. The number of carboxylic acids is 1. The van der Waals surface area contributed by atoms with E-state index in [-0.39, 0.29) is 27.2 Å². The molecule has 2 amide bonds. The van der Waals surface area contributed by atoms with Crippen molar-refractivity contribution in [3.05, 3.63) is 131 Å². The maximum atomic E-state index is 11.0. The molecule has 0 fully saturated rings. The molecule has 2 aromatic heterocycles. The number of pyridine rings is 2. The number of carbonyl (C=O) groups is 3. The van der Waals surface area contributed by atoms with E-state index in [4.69, 9.17) is 16.6 Å². The van der Waals surface area contributed by atoms with E-state index < -0.39 is 17.8 Å². The number of nitrogens with two attached hydrogens (primary N) is 2. The molecule has 4 rings (SSSR count). The predicted molar refractivity (Wildman–Crippen MR) is 128 cm³/mol. The second-order valence-electron chi connectivity index (χ2n) is 7.75. The highest BCUT2D eigenvalue weighted by Gasteiger charge is 2.10. The maximum absolute atomic E-state index is 11.0. The lowest BCUT2D eigenvalue weighted by Crippen LogP contribution is -3.00. The van der Waals surface area contributed by atoms with E-state index in [0.717, 1.165) is 12.1 Å². The van der Waals surface area contributed by atoms with Crippen molar-refractivity contribution >= 4 is 17.8 Å². The number of amides is 2. The van der Waals surface area contributed by atoms with Crippen LogP contribution in [0, 0.1) is 0 Å². The molecule has 0 radical (unpaired) electrons. The van der Waals surface area contributed by atoms with Gasteiger partial charge in [-0.15, -0.1) is 0 Å². The molecule has 0 unspecified atom stereocenters. The van der Waals surface area contributed by atoms with Gasteiger partial charge in [0.25, 0.3) is 5.91 Å². The van der Waals surface area contributed by atoms with Crippen molar-refractivity contribution in [2.45, 2.75) is 13.1 Å². The smallest absolute Gasteiger partial charge is 0.341 e. The Bertz CT molecular complexity index is 1340. The molecule has 37 heavy (non-hydrogen) atoms. The molecule has 2 aromatic carbocycles. The molecule has 0 saturated carbocycles. The van der Waals surface area contributed by atoms with Crippen LogP contribution in [0.1, 0.15) is 42.2 Å². The molecule has 0 saturated heterocycles. The summed E-state index contributed by atoms with van der Waals surface area (Å²) >= 11 is 0. The highest BCUT2D eigenvalue weighted by atomic mass is 79.9. The minimum absolute atomic E-state index is 0. The third-order valence-corrected chi connectivity index (χ3v) is 5.06. The molecule has 0 aliphatic rings. The van der Waals surface area contributed by atoms with E-state index in [1.54, 1.807) is 59.6 Å². The summed E-state index contributed by atoms with van der Waals surface area (Å²) in [5, 5.41) is 8.91. The van der Waals surface area contributed by atoms with Crippen LogP contribution in [0.5, 0.6) is 0 Å². The highest BCUT2D eigenvalue weighted by molar-refractivity contribution is 5.92. The Morgan fingerprint density at radius 3 is 1.57 bits per heavy atom. The van der Waals surface area contributed by atoms with Gasteiger partial charge in [0, 0.05) is 28.8 Å². The minimum atomic E-state index is -0.960. The Hall–Kier alpha value is -4.44. The molecular weight excluding hydrogens is 543 g/mol. The van der Waals surface area contributed by atoms with Crippen LogP contribution in [0.3, 0.4) is 0 Å². The van der Waals surface area contributed by atoms with Gasteiger partial charge in [-0.25, -0.2) is 4.79 Å². The van der Waals surface area contributed by atoms with Crippen LogP contribution < -0.4 is 42.3 Å². The lowest BCUT2D eigenvalue weighted by molar-refractivity contribution is -0.688. The molecule has 4 aromatic rings. The number of hydrogen-bond donors (Lipinski definition) is 3. The molecule has 10 heteroatoms. The van der Waals surface area contributed by atoms with Gasteiger partial charge in [-0.1, -0.05) is 42.5 Å². The summed E-state index contributed by atoms with van der Waals surface area (Å²) in [5.41, 5.74) is 13.7. The fourth-order valence-corrected chi connectivity index (χ4v) is 3.29. The number of nitrogens with zero attached hydrogens (tertiary/aromatic N) is 2. The molecule has 0 bridgehead atoms. The first kappa shape index (κ1) is 30.6. The normalized spacial score (nSPS) is 9.51. The van der Waals surface area contributed by atoms with Gasteiger partial charge < -0.3 is 38.3 Å². The van der Waals surface area contributed by atoms with Crippen molar-refractivity contribution in [3.8, 4) is 0 Å². The Balaban J connectivity index is 0.000000355. The molecule has 0 atom stereocenters. The summed E-state index contributed by atoms with van der Waals surface area (Å²) in [7, 11) is 0. The van der Waals surface area contributed by atoms with E-state index in [1.807, 2.05) is 47.2 Å². The zero-order valence-electron chi connectivity index (χ0n) is 19.7. The average Bonchev–Trinajstić information content (AvgIpc) is 2.86. The summed E-state index contributed by atoms with van der Waals surface area (Å²) in [6, 6.07) is 23.7. The van der Waals surface area contributed by atoms with E-state index >= 15 is 0 Å². The number of carboxylic acid groups (broad SMARTS) is 1. The van der Waals surface area contributed by atoms with Crippen LogP contribution in [0.15, 0.2) is 104 Å². The first-order valence-corrected chi connectivity index (χ1v) is 10.8. The number of benzene rings is 2. The van der Waals surface area contributed by atoms with E-state index in [0.29, 0.717) is 17.7 Å². The monoisotopic (exact) mass is 568 g/mol. The lowest BCUT2D eigenvalue weighted by Gasteiger charge is -2.00. The van der Waals surface area contributed by atoms with Crippen molar-refractivity contribution in [2.75, 3.05) is 0 Å². The Morgan fingerprint density at radius 1 is 0.622 bits per heavy atom. The van der Waals surface area contributed by atoms with Gasteiger partial charge in [0.2, 0.25) is 5.91 Å². The van der Waals surface area contributed by atoms with E-state index in [1.165, 1.54) is 11.6 Å². The molecular formula is C27H26BrFN4O4. The molecule has 0 spiro atoms. The first-order valence-electron chi connectivity index (χ1n) is 10.8. The molecule has 2 heterocycles. The summed E-state index contributed by atoms with van der Waals surface area (Å²) in [5.74, 6) is -1.83. The summed E-state index contributed by atoms with van der Waals surface area (Å²) in [6.07, 6.45) is 7.02. The zero-order valence-corrected chi connectivity index (χ0v) is 21.3. The number of halogens is 2. The molecule has 0 aliphatic carbocycles. The zero-order chi connectivity index (χ0) is 25.2. The van der Waals surface area contributed by atoms with Crippen molar-refractivity contribution < 1.29 is 50.3 Å². The quantitative estimate of drug-likeness (QED) is 0.196. The van der Waals surface area contributed by atoms with Crippen molar-refractivity contribution in [2.24, 2.45) is 11.5 Å². The van der Waals surface area contributed by atoms with Gasteiger partial charge in [0.05, 0.1) is 0 Å². The highest BCUT2D eigenvalue weighted by Crippen LogP contribution is 2.04. The van der Waals surface area contributed by atoms with E-state index in [9.17, 15) is 14.4 Å². The van der Waals surface area contributed by atoms with E-state index in [2.05, 4.69) is 0 Å². The number of rotatable bonds is 7. The second-order valence-corrected chi connectivity index (χ2v) is 7.75. The summed E-state index contributed by atoms with van der Waals surface area (Å²) in [6.45, 7) is 1.27. The second kappa shape index (κ2) is 14.8. The number of aromatic nitrogens is 2. The van der Waals surface area contributed by atoms with Crippen LogP contribution in [0.4, 0.5) is 0 Å².